The van der Waals surface area contributed by atoms with Gasteiger partial charge in [0.1, 0.15) is 5.82 Å². The second-order valence-corrected chi connectivity index (χ2v) is 5.01. The van der Waals surface area contributed by atoms with Crippen molar-refractivity contribution in [2.24, 2.45) is 10.9 Å². The van der Waals surface area contributed by atoms with Crippen LogP contribution < -0.4 is 11.1 Å². The molecular formula is C13H18FN3O2. The SMILES string of the molecule is N/C(=N/O)c1cc(F)cc(CNCC2(O)CCC2)c1. The Labute approximate surface area is 110 Å². The van der Waals surface area contributed by atoms with Crippen LogP contribution in [0.1, 0.15) is 30.4 Å². The van der Waals surface area contributed by atoms with Crippen molar-refractivity contribution in [1.29, 1.82) is 0 Å². The highest BCUT2D eigenvalue weighted by Crippen LogP contribution is 2.30. The minimum Gasteiger partial charge on any atom is -0.409 e. The van der Waals surface area contributed by atoms with E-state index in [-0.39, 0.29) is 5.84 Å². The minimum absolute atomic E-state index is 0.127. The van der Waals surface area contributed by atoms with Crippen LogP contribution in [0.2, 0.25) is 0 Å². The summed E-state index contributed by atoms with van der Waals surface area (Å²) >= 11 is 0. The van der Waals surface area contributed by atoms with Crippen molar-refractivity contribution in [3.63, 3.8) is 0 Å². The fourth-order valence-electron chi connectivity index (χ4n) is 2.16. The van der Waals surface area contributed by atoms with Gasteiger partial charge in [-0.25, -0.2) is 4.39 Å². The molecule has 0 unspecified atom stereocenters. The van der Waals surface area contributed by atoms with E-state index in [4.69, 9.17) is 10.9 Å². The molecule has 0 bridgehead atoms. The van der Waals surface area contributed by atoms with Crippen molar-refractivity contribution in [2.45, 2.75) is 31.4 Å². The third-order valence-corrected chi connectivity index (χ3v) is 3.43. The summed E-state index contributed by atoms with van der Waals surface area (Å²) in [5.74, 6) is -0.568. The number of rotatable bonds is 5. The summed E-state index contributed by atoms with van der Waals surface area (Å²) in [5, 5.41) is 24.4. The molecule has 1 aromatic rings. The third kappa shape index (κ3) is 3.42. The van der Waals surface area contributed by atoms with Crippen LogP contribution in [0.15, 0.2) is 23.4 Å². The monoisotopic (exact) mass is 267 g/mol. The van der Waals surface area contributed by atoms with E-state index in [1.165, 1.54) is 12.1 Å². The molecule has 0 aliphatic heterocycles. The molecular weight excluding hydrogens is 249 g/mol. The van der Waals surface area contributed by atoms with Crippen LogP contribution in [-0.2, 0) is 6.54 Å². The molecule has 1 fully saturated rings. The largest absolute Gasteiger partial charge is 0.409 e. The van der Waals surface area contributed by atoms with Gasteiger partial charge in [0.05, 0.1) is 5.60 Å². The topological polar surface area (TPSA) is 90.9 Å². The van der Waals surface area contributed by atoms with E-state index < -0.39 is 11.4 Å². The van der Waals surface area contributed by atoms with Gasteiger partial charge in [-0.15, -0.1) is 0 Å². The van der Waals surface area contributed by atoms with Crippen molar-refractivity contribution in [1.82, 2.24) is 5.32 Å². The van der Waals surface area contributed by atoms with Crippen LogP contribution in [0, 0.1) is 5.82 Å². The Morgan fingerprint density at radius 2 is 2.16 bits per heavy atom. The van der Waals surface area contributed by atoms with Crippen molar-refractivity contribution in [2.75, 3.05) is 6.54 Å². The number of oxime groups is 1. The molecule has 2 rings (SSSR count). The quantitative estimate of drug-likeness (QED) is 0.276. The molecule has 0 spiro atoms. The second kappa shape index (κ2) is 5.54. The summed E-state index contributed by atoms with van der Waals surface area (Å²) < 4.78 is 13.4. The van der Waals surface area contributed by atoms with Gasteiger partial charge in [-0.2, -0.15) is 0 Å². The van der Waals surface area contributed by atoms with Gasteiger partial charge in [0.15, 0.2) is 5.84 Å². The number of amidine groups is 1. The van der Waals surface area contributed by atoms with Gasteiger partial charge in [-0.1, -0.05) is 5.16 Å². The number of hydrogen-bond acceptors (Lipinski definition) is 4. The lowest BCUT2D eigenvalue weighted by Crippen LogP contribution is -2.46. The van der Waals surface area contributed by atoms with E-state index in [0.717, 1.165) is 19.3 Å². The van der Waals surface area contributed by atoms with Crippen LogP contribution in [0.3, 0.4) is 0 Å². The van der Waals surface area contributed by atoms with Gasteiger partial charge in [-0.3, -0.25) is 0 Å². The normalized spacial score (nSPS) is 18.1. The van der Waals surface area contributed by atoms with Crippen LogP contribution in [0.25, 0.3) is 0 Å². The number of benzene rings is 1. The summed E-state index contributed by atoms with van der Waals surface area (Å²) in [6, 6.07) is 4.24. The number of nitrogens with one attached hydrogen (secondary N) is 1. The molecule has 1 aliphatic carbocycles. The molecule has 0 atom stereocenters. The highest BCUT2D eigenvalue weighted by Gasteiger charge is 2.33. The lowest BCUT2D eigenvalue weighted by Gasteiger charge is -2.36. The van der Waals surface area contributed by atoms with Gasteiger partial charge in [0.25, 0.3) is 0 Å². The Kier molecular flexibility index (Phi) is 4.01. The van der Waals surface area contributed by atoms with Gasteiger partial charge < -0.3 is 21.4 Å². The highest BCUT2D eigenvalue weighted by atomic mass is 19.1. The molecule has 0 saturated heterocycles. The maximum Gasteiger partial charge on any atom is 0.170 e. The number of aliphatic hydroxyl groups is 1. The van der Waals surface area contributed by atoms with Crippen LogP contribution >= 0.6 is 0 Å². The van der Waals surface area contributed by atoms with Crippen LogP contribution in [0.4, 0.5) is 4.39 Å². The molecule has 19 heavy (non-hydrogen) atoms. The van der Waals surface area contributed by atoms with Crippen molar-refractivity contribution in [3.8, 4) is 0 Å². The minimum atomic E-state index is -0.609. The predicted octanol–water partition coefficient (Wildman–Crippen LogP) is 0.925. The summed E-state index contributed by atoms with van der Waals surface area (Å²) in [6.07, 6.45) is 2.66. The Morgan fingerprint density at radius 3 is 2.74 bits per heavy atom. The maximum atomic E-state index is 13.4. The Balaban J connectivity index is 1.98. The average Bonchev–Trinajstić information content (AvgIpc) is 2.35. The van der Waals surface area contributed by atoms with Crippen LogP contribution in [0.5, 0.6) is 0 Å². The first-order chi connectivity index (χ1) is 9.02. The zero-order valence-corrected chi connectivity index (χ0v) is 10.6. The van der Waals surface area contributed by atoms with Crippen molar-refractivity contribution in [3.05, 3.63) is 35.1 Å². The Bertz CT molecular complexity index is 487. The zero-order valence-electron chi connectivity index (χ0n) is 10.6. The molecule has 1 saturated carbocycles. The lowest BCUT2D eigenvalue weighted by molar-refractivity contribution is -0.0314. The van der Waals surface area contributed by atoms with E-state index in [2.05, 4.69) is 10.5 Å². The van der Waals surface area contributed by atoms with E-state index in [1.54, 1.807) is 6.07 Å². The lowest BCUT2D eigenvalue weighted by atomic mass is 9.80. The average molecular weight is 267 g/mol. The van der Waals surface area contributed by atoms with E-state index in [1.807, 2.05) is 0 Å². The first-order valence-electron chi connectivity index (χ1n) is 6.23. The van der Waals surface area contributed by atoms with E-state index in [9.17, 15) is 9.50 Å². The summed E-state index contributed by atoms with van der Waals surface area (Å²) in [4.78, 5) is 0. The first kappa shape index (κ1) is 13.8. The Hall–Kier alpha value is -1.66. The molecule has 5 nitrogen and oxygen atoms in total. The molecule has 0 aromatic heterocycles. The van der Waals surface area contributed by atoms with Gasteiger partial charge in [-0.05, 0) is 43.0 Å². The fourth-order valence-corrected chi connectivity index (χ4v) is 2.16. The molecule has 6 heteroatoms. The molecule has 1 aromatic carbocycles. The summed E-state index contributed by atoms with van der Waals surface area (Å²) in [6.45, 7) is 0.911. The number of hydrogen-bond donors (Lipinski definition) is 4. The molecule has 0 amide bonds. The third-order valence-electron chi connectivity index (χ3n) is 3.43. The van der Waals surface area contributed by atoms with Gasteiger partial charge >= 0.3 is 0 Å². The smallest absolute Gasteiger partial charge is 0.170 e. The number of nitrogens with zero attached hydrogens (tertiary/aromatic N) is 1. The van der Waals surface area contributed by atoms with Crippen molar-refractivity contribution >= 4 is 5.84 Å². The highest BCUT2D eigenvalue weighted by molar-refractivity contribution is 5.97. The summed E-state index contributed by atoms with van der Waals surface area (Å²) in [7, 11) is 0. The van der Waals surface area contributed by atoms with Gasteiger partial charge in [0.2, 0.25) is 0 Å². The second-order valence-electron chi connectivity index (χ2n) is 5.01. The number of nitrogens with two attached hydrogens (primary N) is 1. The molecule has 104 valence electrons. The first-order valence-corrected chi connectivity index (χ1v) is 6.23. The van der Waals surface area contributed by atoms with E-state index >= 15 is 0 Å². The standard InChI is InChI=1S/C13H18FN3O2/c14-11-5-9(4-10(6-11)12(15)17-19)7-16-8-13(18)2-1-3-13/h4-6,16,18-19H,1-3,7-8H2,(H2,15,17). The summed E-state index contributed by atoms with van der Waals surface area (Å²) in [5.41, 5.74) is 5.84. The molecule has 0 heterocycles. The zero-order chi connectivity index (χ0) is 13.9. The van der Waals surface area contributed by atoms with Gasteiger partial charge in [0, 0.05) is 18.7 Å². The Morgan fingerprint density at radius 1 is 1.42 bits per heavy atom. The van der Waals surface area contributed by atoms with Crippen LogP contribution in [-0.4, -0.2) is 28.3 Å². The molecule has 1 aliphatic rings. The molecule has 5 N–H and O–H groups in total. The molecule has 0 radical (unpaired) electrons. The maximum absolute atomic E-state index is 13.4. The fraction of sp³-hybridized carbons (Fsp3) is 0.462. The van der Waals surface area contributed by atoms with Crippen molar-refractivity contribution < 1.29 is 14.7 Å². The predicted molar refractivity (Wildman–Crippen MR) is 69.4 cm³/mol. The van der Waals surface area contributed by atoms with E-state index in [0.29, 0.717) is 24.2 Å². The number of halogens is 1.